The van der Waals surface area contributed by atoms with Gasteiger partial charge in [-0.1, -0.05) is 38.8 Å². The molecular formula is C18H32N2O3. The van der Waals surface area contributed by atoms with Gasteiger partial charge in [0, 0.05) is 18.7 Å². The molecule has 5 heteroatoms. The van der Waals surface area contributed by atoms with E-state index in [0.29, 0.717) is 12.3 Å². The van der Waals surface area contributed by atoms with Crippen molar-refractivity contribution in [1.29, 1.82) is 0 Å². The van der Waals surface area contributed by atoms with Crippen LogP contribution < -0.4 is 10.6 Å². The summed E-state index contributed by atoms with van der Waals surface area (Å²) in [5.74, 6) is -0.391. The van der Waals surface area contributed by atoms with Gasteiger partial charge in [-0.2, -0.15) is 0 Å². The largest absolute Gasteiger partial charge is 0.508 e. The molecule has 5 nitrogen and oxygen atoms in total. The van der Waals surface area contributed by atoms with E-state index in [2.05, 4.69) is 17.6 Å². The number of nitrogens with one attached hydrogen (secondary N) is 2. The molecule has 1 unspecified atom stereocenters. The Morgan fingerprint density at radius 1 is 1.17 bits per heavy atom. The summed E-state index contributed by atoms with van der Waals surface area (Å²) in [4.78, 5) is 10.4. The first-order valence-corrected chi connectivity index (χ1v) is 8.33. The number of aliphatic carboxylic acids is 1. The topological polar surface area (TPSA) is 81.6 Å². The maximum atomic E-state index is 10.4. The van der Waals surface area contributed by atoms with Crippen LogP contribution in [-0.2, 0) is 17.9 Å². The van der Waals surface area contributed by atoms with E-state index < -0.39 is 5.97 Å². The molecule has 0 aliphatic rings. The van der Waals surface area contributed by atoms with Gasteiger partial charge in [0.2, 0.25) is 0 Å². The number of phenolic OH excluding ortho intramolecular Hbond substituents is 1. The highest BCUT2D eigenvalue weighted by molar-refractivity contribution is 5.69. The van der Waals surface area contributed by atoms with Crippen molar-refractivity contribution < 1.29 is 15.0 Å². The SMILES string of the molecule is CCCCC(CC)C(=O)O.CNCc1cccc(O)c1CNC. The first kappa shape index (κ1) is 21.4. The lowest BCUT2D eigenvalue weighted by Gasteiger charge is -2.10. The molecule has 1 atom stereocenters. The van der Waals surface area contributed by atoms with Crippen molar-refractivity contribution in [3.63, 3.8) is 0 Å². The van der Waals surface area contributed by atoms with Gasteiger partial charge in [-0.25, -0.2) is 0 Å². The van der Waals surface area contributed by atoms with Gasteiger partial charge in [0.1, 0.15) is 5.75 Å². The number of aromatic hydroxyl groups is 1. The second-order valence-corrected chi connectivity index (χ2v) is 5.56. The Labute approximate surface area is 140 Å². The highest BCUT2D eigenvalue weighted by Crippen LogP contribution is 2.20. The van der Waals surface area contributed by atoms with Crippen molar-refractivity contribution >= 4 is 5.97 Å². The number of carboxylic acid groups (broad SMARTS) is 1. The van der Waals surface area contributed by atoms with Crippen LogP contribution in [0.15, 0.2) is 18.2 Å². The number of phenols is 1. The summed E-state index contributed by atoms with van der Waals surface area (Å²) in [5, 5.41) is 24.3. The smallest absolute Gasteiger partial charge is 0.306 e. The van der Waals surface area contributed by atoms with Gasteiger partial charge < -0.3 is 20.8 Å². The van der Waals surface area contributed by atoms with Crippen LogP contribution in [0.25, 0.3) is 0 Å². The summed E-state index contributed by atoms with van der Waals surface area (Å²) in [6.07, 6.45) is 3.71. The molecule has 0 radical (unpaired) electrons. The van der Waals surface area contributed by atoms with Gasteiger partial charge >= 0.3 is 5.97 Å². The maximum absolute atomic E-state index is 10.4. The molecule has 0 aliphatic carbocycles. The number of carbonyl (C=O) groups is 1. The third kappa shape index (κ3) is 8.57. The molecule has 0 saturated carbocycles. The molecule has 0 heterocycles. The van der Waals surface area contributed by atoms with E-state index >= 15 is 0 Å². The number of unbranched alkanes of at least 4 members (excludes halogenated alkanes) is 1. The van der Waals surface area contributed by atoms with E-state index in [1.165, 1.54) is 0 Å². The number of carboxylic acids is 1. The van der Waals surface area contributed by atoms with Crippen molar-refractivity contribution in [2.45, 2.75) is 52.6 Å². The number of hydrogen-bond acceptors (Lipinski definition) is 4. The Morgan fingerprint density at radius 3 is 2.30 bits per heavy atom. The molecular weight excluding hydrogens is 292 g/mol. The fourth-order valence-corrected chi connectivity index (χ4v) is 2.31. The van der Waals surface area contributed by atoms with Gasteiger partial charge in [0.05, 0.1) is 5.92 Å². The standard InChI is InChI=1S/C10H16N2O.C8H16O2/c1-11-6-8-4-3-5-10(13)9(8)7-12-2;1-3-5-6-7(4-2)8(9)10/h3-5,11-13H,6-7H2,1-2H3;7H,3-6H2,1-2H3,(H,9,10). The molecule has 0 spiro atoms. The first-order chi connectivity index (χ1) is 11.0. The van der Waals surface area contributed by atoms with Crippen molar-refractivity contribution in [2.24, 2.45) is 5.92 Å². The summed E-state index contributed by atoms with van der Waals surface area (Å²) < 4.78 is 0. The molecule has 1 aromatic rings. The van der Waals surface area contributed by atoms with Gasteiger partial charge in [0.15, 0.2) is 0 Å². The van der Waals surface area contributed by atoms with Gasteiger partial charge in [-0.15, -0.1) is 0 Å². The molecule has 0 amide bonds. The maximum Gasteiger partial charge on any atom is 0.306 e. The Kier molecular flexibility index (Phi) is 12.0. The van der Waals surface area contributed by atoms with Gasteiger partial charge in [0.25, 0.3) is 0 Å². The van der Waals surface area contributed by atoms with E-state index in [-0.39, 0.29) is 5.92 Å². The molecule has 23 heavy (non-hydrogen) atoms. The van der Waals surface area contributed by atoms with Crippen molar-refractivity contribution in [1.82, 2.24) is 10.6 Å². The zero-order chi connectivity index (χ0) is 17.7. The van der Waals surface area contributed by atoms with E-state index in [9.17, 15) is 9.90 Å². The third-order valence-electron chi connectivity index (χ3n) is 3.72. The fourth-order valence-electron chi connectivity index (χ4n) is 2.31. The van der Waals surface area contributed by atoms with E-state index in [1.54, 1.807) is 6.07 Å². The second kappa shape index (κ2) is 12.9. The summed E-state index contributed by atoms with van der Waals surface area (Å²) >= 11 is 0. The Balaban J connectivity index is 0.000000438. The number of hydrogen-bond donors (Lipinski definition) is 4. The lowest BCUT2D eigenvalue weighted by Crippen LogP contribution is -2.12. The summed E-state index contributed by atoms with van der Waals surface area (Å²) in [5.41, 5.74) is 2.11. The normalized spacial score (nSPS) is 11.5. The molecule has 4 N–H and O–H groups in total. The minimum atomic E-state index is -0.643. The van der Waals surface area contributed by atoms with Gasteiger partial charge in [-0.3, -0.25) is 4.79 Å². The molecule has 0 aliphatic heterocycles. The molecule has 0 saturated heterocycles. The monoisotopic (exact) mass is 324 g/mol. The van der Waals surface area contributed by atoms with Crippen LogP contribution in [0.3, 0.4) is 0 Å². The zero-order valence-electron chi connectivity index (χ0n) is 14.9. The number of benzene rings is 1. The molecule has 132 valence electrons. The van der Waals surface area contributed by atoms with Crippen LogP contribution in [-0.4, -0.2) is 30.3 Å². The Hall–Kier alpha value is -1.59. The van der Waals surface area contributed by atoms with E-state index in [0.717, 1.165) is 43.4 Å². The van der Waals surface area contributed by atoms with Crippen LogP contribution in [0.1, 0.15) is 50.7 Å². The highest BCUT2D eigenvalue weighted by atomic mass is 16.4. The van der Waals surface area contributed by atoms with Crippen LogP contribution >= 0.6 is 0 Å². The van der Waals surface area contributed by atoms with E-state index in [1.807, 2.05) is 33.2 Å². The van der Waals surface area contributed by atoms with Crippen molar-refractivity contribution in [3.8, 4) is 5.75 Å². The summed E-state index contributed by atoms with van der Waals surface area (Å²) in [6, 6.07) is 5.59. The Morgan fingerprint density at radius 2 is 1.83 bits per heavy atom. The lowest BCUT2D eigenvalue weighted by atomic mass is 10.00. The number of rotatable bonds is 9. The van der Waals surface area contributed by atoms with Crippen LogP contribution in [0, 0.1) is 5.92 Å². The zero-order valence-corrected chi connectivity index (χ0v) is 14.9. The van der Waals surface area contributed by atoms with Crippen LogP contribution in [0.2, 0.25) is 0 Å². The minimum absolute atomic E-state index is 0.111. The summed E-state index contributed by atoms with van der Waals surface area (Å²) in [7, 11) is 3.77. The van der Waals surface area contributed by atoms with Crippen molar-refractivity contribution in [3.05, 3.63) is 29.3 Å². The fraction of sp³-hybridized carbons (Fsp3) is 0.611. The van der Waals surface area contributed by atoms with Gasteiger partial charge in [-0.05, 0) is 38.6 Å². The first-order valence-electron chi connectivity index (χ1n) is 8.33. The molecule has 0 bridgehead atoms. The predicted molar refractivity (Wildman–Crippen MR) is 94.6 cm³/mol. The van der Waals surface area contributed by atoms with Crippen LogP contribution in [0.4, 0.5) is 0 Å². The lowest BCUT2D eigenvalue weighted by molar-refractivity contribution is -0.142. The van der Waals surface area contributed by atoms with E-state index in [4.69, 9.17) is 5.11 Å². The average molecular weight is 324 g/mol. The summed E-state index contributed by atoms with van der Waals surface area (Å²) in [6.45, 7) is 5.48. The van der Waals surface area contributed by atoms with Crippen LogP contribution in [0.5, 0.6) is 5.75 Å². The third-order valence-corrected chi connectivity index (χ3v) is 3.72. The molecule has 1 rings (SSSR count). The predicted octanol–water partition coefficient (Wildman–Crippen LogP) is 3.12. The quantitative estimate of drug-likeness (QED) is 0.561. The molecule has 1 aromatic carbocycles. The molecule has 0 aromatic heterocycles. The Bertz CT molecular complexity index is 450. The average Bonchev–Trinajstić information content (AvgIpc) is 2.52. The second-order valence-electron chi connectivity index (χ2n) is 5.56. The highest BCUT2D eigenvalue weighted by Gasteiger charge is 2.12. The van der Waals surface area contributed by atoms with Crippen molar-refractivity contribution in [2.75, 3.05) is 14.1 Å². The minimum Gasteiger partial charge on any atom is -0.508 e. The molecule has 0 fully saturated rings.